The van der Waals surface area contributed by atoms with Crippen molar-refractivity contribution in [1.82, 2.24) is 0 Å². The van der Waals surface area contributed by atoms with E-state index in [4.69, 9.17) is 22.1 Å². The Labute approximate surface area is 121 Å². The van der Waals surface area contributed by atoms with Gasteiger partial charge in [-0.1, -0.05) is 29.8 Å². The fourth-order valence-electron chi connectivity index (χ4n) is 1.90. The minimum absolute atomic E-state index is 0.0738. The molecule has 2 unspecified atom stereocenters. The zero-order valence-electron chi connectivity index (χ0n) is 10.8. The van der Waals surface area contributed by atoms with Crippen LogP contribution in [0, 0.1) is 11.6 Å². The highest BCUT2D eigenvalue weighted by molar-refractivity contribution is 6.31. The van der Waals surface area contributed by atoms with Crippen molar-refractivity contribution in [1.29, 1.82) is 0 Å². The second-order valence-electron chi connectivity index (χ2n) is 4.52. The summed E-state index contributed by atoms with van der Waals surface area (Å²) in [4.78, 5) is 0. The van der Waals surface area contributed by atoms with Gasteiger partial charge in [0.25, 0.3) is 0 Å². The molecule has 2 nitrogen and oxygen atoms in total. The number of hydrogen-bond donors (Lipinski definition) is 1. The average molecular weight is 298 g/mol. The maximum atomic E-state index is 13.2. The van der Waals surface area contributed by atoms with Crippen LogP contribution in [0.4, 0.5) is 8.78 Å². The number of benzene rings is 2. The molecule has 0 spiro atoms. The average Bonchev–Trinajstić information content (AvgIpc) is 2.35. The first-order valence-corrected chi connectivity index (χ1v) is 6.48. The molecule has 106 valence electrons. The first kappa shape index (κ1) is 14.8. The van der Waals surface area contributed by atoms with Crippen molar-refractivity contribution in [3.63, 3.8) is 0 Å². The molecule has 0 amide bonds. The van der Waals surface area contributed by atoms with E-state index in [0.717, 1.165) is 18.2 Å². The van der Waals surface area contributed by atoms with Crippen LogP contribution in [-0.4, -0.2) is 6.04 Å². The van der Waals surface area contributed by atoms with Gasteiger partial charge in [0.1, 0.15) is 23.5 Å². The molecule has 2 aromatic rings. The van der Waals surface area contributed by atoms with Gasteiger partial charge in [0.05, 0.1) is 0 Å². The van der Waals surface area contributed by atoms with Crippen LogP contribution in [0.25, 0.3) is 0 Å². The highest BCUT2D eigenvalue weighted by Gasteiger charge is 2.21. The van der Waals surface area contributed by atoms with Crippen molar-refractivity contribution in [2.24, 2.45) is 5.73 Å². The normalized spacial score (nSPS) is 13.8. The number of rotatable bonds is 4. The van der Waals surface area contributed by atoms with E-state index in [-0.39, 0.29) is 5.75 Å². The van der Waals surface area contributed by atoms with Crippen LogP contribution in [0.3, 0.4) is 0 Å². The molecule has 2 rings (SSSR count). The molecule has 0 saturated carbocycles. The Morgan fingerprint density at radius 3 is 2.25 bits per heavy atom. The molecular weight excluding hydrogens is 284 g/mol. The molecule has 2 N–H and O–H groups in total. The van der Waals surface area contributed by atoms with E-state index in [2.05, 4.69) is 0 Å². The minimum atomic E-state index is -0.706. The maximum absolute atomic E-state index is 13.2. The topological polar surface area (TPSA) is 35.2 Å². The van der Waals surface area contributed by atoms with Gasteiger partial charge in [-0.05, 0) is 13.0 Å². The molecule has 0 saturated heterocycles. The molecule has 0 fully saturated rings. The Bertz CT molecular complexity index is 584. The number of hydrogen-bond acceptors (Lipinski definition) is 2. The number of halogens is 3. The fourth-order valence-corrected chi connectivity index (χ4v) is 2.15. The lowest BCUT2D eigenvalue weighted by Gasteiger charge is -2.24. The van der Waals surface area contributed by atoms with Crippen molar-refractivity contribution >= 4 is 11.6 Å². The van der Waals surface area contributed by atoms with Gasteiger partial charge in [0.2, 0.25) is 0 Å². The van der Waals surface area contributed by atoms with Crippen LogP contribution < -0.4 is 10.5 Å². The monoisotopic (exact) mass is 297 g/mol. The molecule has 2 aromatic carbocycles. The third kappa shape index (κ3) is 3.46. The Morgan fingerprint density at radius 2 is 1.70 bits per heavy atom. The van der Waals surface area contributed by atoms with Gasteiger partial charge < -0.3 is 10.5 Å². The van der Waals surface area contributed by atoms with Crippen LogP contribution in [0.5, 0.6) is 5.75 Å². The summed E-state index contributed by atoms with van der Waals surface area (Å²) in [5.41, 5.74) is 6.57. The van der Waals surface area contributed by atoms with Crippen molar-refractivity contribution in [3.05, 3.63) is 64.7 Å². The lowest BCUT2D eigenvalue weighted by molar-refractivity contribution is 0.179. The summed E-state index contributed by atoms with van der Waals surface area (Å²) in [6.07, 6.45) is -0.593. The van der Waals surface area contributed by atoms with Gasteiger partial charge in [-0.15, -0.1) is 0 Å². The van der Waals surface area contributed by atoms with E-state index < -0.39 is 23.8 Å². The molecular formula is C15H14ClF2NO. The van der Waals surface area contributed by atoms with Crippen LogP contribution in [0.1, 0.15) is 18.6 Å². The fraction of sp³-hybridized carbons (Fsp3) is 0.200. The van der Waals surface area contributed by atoms with Crippen molar-refractivity contribution in [2.45, 2.75) is 19.1 Å². The summed E-state index contributed by atoms with van der Waals surface area (Å²) in [6, 6.07) is 9.65. The maximum Gasteiger partial charge on any atom is 0.140 e. The number of ether oxygens (including phenoxy) is 1. The Balaban J connectivity index is 2.33. The highest BCUT2D eigenvalue weighted by atomic mass is 35.5. The van der Waals surface area contributed by atoms with Crippen LogP contribution in [0.15, 0.2) is 42.5 Å². The van der Waals surface area contributed by atoms with Crippen LogP contribution in [-0.2, 0) is 0 Å². The molecule has 5 heteroatoms. The summed E-state index contributed by atoms with van der Waals surface area (Å²) in [7, 11) is 0. The van der Waals surface area contributed by atoms with Crippen LogP contribution in [0.2, 0.25) is 5.02 Å². The predicted octanol–water partition coefficient (Wildman–Crippen LogP) is 4.09. The van der Waals surface area contributed by atoms with Gasteiger partial charge in [-0.25, -0.2) is 8.78 Å². The second kappa shape index (κ2) is 6.20. The molecule has 0 radical (unpaired) electrons. The Morgan fingerprint density at radius 1 is 1.10 bits per heavy atom. The summed E-state index contributed by atoms with van der Waals surface area (Å²) in [6.45, 7) is 1.74. The van der Waals surface area contributed by atoms with E-state index in [1.165, 1.54) is 0 Å². The lowest BCUT2D eigenvalue weighted by atomic mass is 10.0. The van der Waals surface area contributed by atoms with Gasteiger partial charge in [-0.2, -0.15) is 0 Å². The third-order valence-electron chi connectivity index (χ3n) is 2.79. The third-order valence-corrected chi connectivity index (χ3v) is 3.13. The zero-order chi connectivity index (χ0) is 14.7. The minimum Gasteiger partial charge on any atom is -0.484 e. The second-order valence-corrected chi connectivity index (χ2v) is 4.93. The van der Waals surface area contributed by atoms with Crippen molar-refractivity contribution in [3.8, 4) is 5.75 Å². The zero-order valence-corrected chi connectivity index (χ0v) is 11.6. The summed E-state index contributed by atoms with van der Waals surface area (Å²) in [5, 5.41) is 0.492. The molecule has 2 atom stereocenters. The Hall–Kier alpha value is -1.65. The molecule has 0 aliphatic heterocycles. The van der Waals surface area contributed by atoms with Crippen molar-refractivity contribution in [2.75, 3.05) is 0 Å². The predicted molar refractivity (Wildman–Crippen MR) is 74.8 cm³/mol. The smallest absolute Gasteiger partial charge is 0.140 e. The highest BCUT2D eigenvalue weighted by Crippen LogP contribution is 2.30. The number of nitrogens with two attached hydrogens (primary N) is 1. The standard InChI is InChI=1S/C15H14ClF2NO/c1-9(19)15(13-4-2-3-5-14(13)16)20-12-7-10(17)6-11(18)8-12/h2-9,15H,19H2,1H3. The van der Waals surface area contributed by atoms with Gasteiger partial charge in [-0.3, -0.25) is 0 Å². The quantitative estimate of drug-likeness (QED) is 0.922. The first-order chi connectivity index (χ1) is 9.47. The SMILES string of the molecule is CC(N)C(Oc1cc(F)cc(F)c1)c1ccccc1Cl. The molecule has 0 heterocycles. The van der Waals surface area contributed by atoms with Gasteiger partial charge in [0.15, 0.2) is 0 Å². The molecule has 0 aliphatic rings. The van der Waals surface area contributed by atoms with E-state index in [1.54, 1.807) is 31.2 Å². The molecule has 0 aromatic heterocycles. The van der Waals surface area contributed by atoms with E-state index >= 15 is 0 Å². The first-order valence-electron chi connectivity index (χ1n) is 6.10. The van der Waals surface area contributed by atoms with Gasteiger partial charge >= 0.3 is 0 Å². The molecule has 0 bridgehead atoms. The lowest BCUT2D eigenvalue weighted by Crippen LogP contribution is -2.29. The Kier molecular flexibility index (Phi) is 4.57. The van der Waals surface area contributed by atoms with Crippen LogP contribution >= 0.6 is 11.6 Å². The summed E-state index contributed by atoms with van der Waals surface area (Å²) >= 11 is 6.11. The van der Waals surface area contributed by atoms with E-state index in [9.17, 15) is 8.78 Å². The largest absolute Gasteiger partial charge is 0.484 e. The van der Waals surface area contributed by atoms with E-state index in [1.807, 2.05) is 0 Å². The summed E-state index contributed by atoms with van der Waals surface area (Å²) < 4.78 is 32.0. The van der Waals surface area contributed by atoms with Crippen molar-refractivity contribution < 1.29 is 13.5 Å². The van der Waals surface area contributed by atoms with Gasteiger partial charge in [0, 0.05) is 34.8 Å². The van der Waals surface area contributed by atoms with E-state index in [0.29, 0.717) is 10.6 Å². The summed E-state index contributed by atoms with van der Waals surface area (Å²) in [5.74, 6) is -1.34. The molecule has 20 heavy (non-hydrogen) atoms. The molecule has 0 aliphatic carbocycles.